The minimum absolute atomic E-state index is 0. The number of carbonyl (C=O) groups is 1. The van der Waals surface area contributed by atoms with Crippen LogP contribution in [0.4, 0.5) is 0 Å². The van der Waals surface area contributed by atoms with Crippen molar-refractivity contribution in [3.63, 3.8) is 0 Å². The summed E-state index contributed by atoms with van der Waals surface area (Å²) in [6.07, 6.45) is 0.352. The van der Waals surface area contributed by atoms with Crippen LogP contribution in [0.15, 0.2) is 12.2 Å². The second kappa shape index (κ2) is 9.94. The van der Waals surface area contributed by atoms with Gasteiger partial charge in [-0.05, 0) is 27.2 Å². The first-order valence-electron chi connectivity index (χ1n) is 7.25. The van der Waals surface area contributed by atoms with E-state index >= 15 is 0 Å². The average Bonchev–Trinajstić information content (AvgIpc) is 2.41. The Morgan fingerprint density at radius 1 is 1.27 bits per heavy atom. The summed E-state index contributed by atoms with van der Waals surface area (Å²) in [5.41, 5.74) is 0.338. The number of hydrogen-bond acceptors (Lipinski definition) is 5. The predicted octanol–water partition coefficient (Wildman–Crippen LogP) is 1.45. The molecular formula is C14H29NO6S. The molecule has 22 heavy (non-hydrogen) atoms. The molecule has 0 bridgehead atoms. The first-order valence-corrected chi connectivity index (χ1v) is 8.76. The van der Waals surface area contributed by atoms with Crippen LogP contribution < -0.4 is 0 Å². The Labute approximate surface area is 133 Å². The Bertz CT molecular complexity index is 456. The Morgan fingerprint density at radius 3 is 2.09 bits per heavy atom. The highest BCUT2D eigenvalue weighted by atomic mass is 32.2. The monoisotopic (exact) mass is 339 g/mol. The first kappa shape index (κ1) is 23.3. The molecule has 0 fully saturated rings. The van der Waals surface area contributed by atoms with Crippen LogP contribution in [0.1, 0.15) is 34.1 Å². The summed E-state index contributed by atoms with van der Waals surface area (Å²) in [6.45, 7) is 13.2. The third kappa shape index (κ3) is 7.35. The maximum atomic E-state index is 11.4. The number of quaternary nitrogens is 1. The lowest BCUT2D eigenvalue weighted by atomic mass is 10.2. The third-order valence-corrected chi connectivity index (χ3v) is 5.28. The normalized spacial score (nSPS) is 13.1. The summed E-state index contributed by atoms with van der Waals surface area (Å²) >= 11 is 0. The van der Waals surface area contributed by atoms with Gasteiger partial charge in [0.1, 0.15) is 18.4 Å². The second-order valence-electron chi connectivity index (χ2n) is 5.34. The molecule has 0 rings (SSSR count). The van der Waals surface area contributed by atoms with Gasteiger partial charge >= 0.3 is 5.97 Å². The topological polar surface area (TPSA) is 111 Å². The lowest BCUT2D eigenvalue weighted by Crippen LogP contribution is -2.55. The van der Waals surface area contributed by atoms with Crippen molar-refractivity contribution in [2.75, 3.05) is 32.8 Å². The van der Waals surface area contributed by atoms with E-state index in [0.29, 0.717) is 42.7 Å². The molecule has 0 aromatic heterocycles. The van der Waals surface area contributed by atoms with Gasteiger partial charge in [0.25, 0.3) is 10.1 Å². The fourth-order valence-electron chi connectivity index (χ4n) is 2.21. The number of likely N-dealkylation sites (N-methyl/N-ethyl adjacent to an activating group) is 1. The molecule has 0 saturated carbocycles. The Morgan fingerprint density at radius 2 is 1.77 bits per heavy atom. The lowest BCUT2D eigenvalue weighted by Gasteiger charge is -2.38. The van der Waals surface area contributed by atoms with Gasteiger partial charge in [-0.2, -0.15) is 8.42 Å². The van der Waals surface area contributed by atoms with Gasteiger partial charge in [0.15, 0.2) is 0 Å². The van der Waals surface area contributed by atoms with Crippen molar-refractivity contribution < 1.29 is 32.5 Å². The molecule has 1 atom stereocenters. The summed E-state index contributed by atoms with van der Waals surface area (Å²) in [5, 5.41) is -0.797. The number of ether oxygens (including phenoxy) is 1. The van der Waals surface area contributed by atoms with Gasteiger partial charge in [-0.1, -0.05) is 13.5 Å². The Balaban J connectivity index is 0. The van der Waals surface area contributed by atoms with Crippen molar-refractivity contribution in [3.8, 4) is 0 Å². The van der Waals surface area contributed by atoms with Gasteiger partial charge in [-0.25, -0.2) is 4.79 Å². The van der Waals surface area contributed by atoms with E-state index in [9.17, 15) is 17.8 Å². The first-order chi connectivity index (χ1) is 9.61. The Hall–Kier alpha value is -0.960. The van der Waals surface area contributed by atoms with Crippen LogP contribution in [0.25, 0.3) is 0 Å². The smallest absolute Gasteiger partial charge is 0.333 e. The maximum absolute atomic E-state index is 11.4. The van der Waals surface area contributed by atoms with Crippen LogP contribution in [-0.2, 0) is 19.6 Å². The zero-order valence-corrected chi connectivity index (χ0v) is 14.7. The molecule has 8 heteroatoms. The lowest BCUT2D eigenvalue weighted by molar-refractivity contribution is -0.924. The molecule has 0 radical (unpaired) electrons. The van der Waals surface area contributed by atoms with E-state index in [4.69, 9.17) is 4.74 Å². The van der Waals surface area contributed by atoms with E-state index < -0.39 is 21.3 Å². The average molecular weight is 339 g/mol. The minimum atomic E-state index is -4.06. The van der Waals surface area contributed by atoms with Crippen LogP contribution in [-0.4, -0.2) is 66.9 Å². The van der Waals surface area contributed by atoms with Crippen LogP contribution in [0, 0.1) is 0 Å². The van der Waals surface area contributed by atoms with Crippen molar-refractivity contribution >= 4 is 16.1 Å². The van der Waals surface area contributed by atoms with E-state index in [1.54, 1.807) is 13.8 Å². The van der Waals surface area contributed by atoms with Crippen molar-refractivity contribution in [2.24, 2.45) is 0 Å². The molecule has 2 N–H and O–H groups in total. The molecule has 0 aliphatic carbocycles. The van der Waals surface area contributed by atoms with E-state index in [2.05, 4.69) is 6.58 Å². The van der Waals surface area contributed by atoms with Crippen LogP contribution >= 0.6 is 0 Å². The highest BCUT2D eigenvalue weighted by molar-refractivity contribution is 7.86. The molecule has 0 amide bonds. The van der Waals surface area contributed by atoms with Gasteiger partial charge in [-0.15, -0.1) is 0 Å². The summed E-state index contributed by atoms with van der Waals surface area (Å²) in [5.74, 6) is -0.442. The zero-order valence-electron chi connectivity index (χ0n) is 13.9. The van der Waals surface area contributed by atoms with Crippen LogP contribution in [0.5, 0.6) is 0 Å². The largest absolute Gasteiger partial charge is 0.870 e. The molecule has 0 aliphatic rings. The molecular weight excluding hydrogens is 310 g/mol. The molecule has 0 aromatic rings. The van der Waals surface area contributed by atoms with E-state index in [0.717, 1.165) is 0 Å². The molecule has 0 heterocycles. The van der Waals surface area contributed by atoms with Crippen molar-refractivity contribution in [3.05, 3.63) is 12.2 Å². The van der Waals surface area contributed by atoms with Crippen molar-refractivity contribution in [2.45, 2.75) is 39.4 Å². The summed E-state index contributed by atoms with van der Waals surface area (Å²) in [4.78, 5) is 11.4. The van der Waals surface area contributed by atoms with Gasteiger partial charge in [-0.3, -0.25) is 4.55 Å². The van der Waals surface area contributed by atoms with Crippen molar-refractivity contribution in [1.29, 1.82) is 0 Å². The zero-order chi connectivity index (χ0) is 16.7. The number of rotatable bonds is 10. The fraction of sp³-hybridized carbons (Fsp3) is 0.786. The maximum Gasteiger partial charge on any atom is 0.333 e. The predicted molar refractivity (Wildman–Crippen MR) is 84.4 cm³/mol. The standard InChI is InChI=1S/C14H27NO5S.H2O/c1-6-13(21(17,18)19)11-15(7-2,8-3)9-10-20-14(16)12(4)5;/h13H,4,6-11H2,1-3,5H3;1H2. The van der Waals surface area contributed by atoms with E-state index in [-0.39, 0.29) is 12.1 Å². The highest BCUT2D eigenvalue weighted by Gasteiger charge is 2.33. The highest BCUT2D eigenvalue weighted by Crippen LogP contribution is 2.15. The van der Waals surface area contributed by atoms with Gasteiger partial charge in [0, 0.05) is 5.57 Å². The summed E-state index contributed by atoms with van der Waals surface area (Å²) < 4.78 is 37.6. The minimum Gasteiger partial charge on any atom is -0.870 e. The Kier molecular flexibility index (Phi) is 10.5. The number of nitrogens with zero attached hydrogens (tertiary/aromatic N) is 1. The molecule has 0 spiro atoms. The number of hydrogen-bond donors (Lipinski definition) is 1. The molecule has 0 aromatic carbocycles. The SMILES string of the molecule is C=C(C)C(=O)OCC[N+](CC)(CC)CC(CC)S(=O)(=O)O.[OH-]. The summed E-state index contributed by atoms with van der Waals surface area (Å²) in [6, 6.07) is 0. The number of esters is 1. The molecule has 7 nitrogen and oxygen atoms in total. The van der Waals surface area contributed by atoms with Gasteiger partial charge in [0.05, 0.1) is 19.6 Å². The van der Waals surface area contributed by atoms with Gasteiger partial charge < -0.3 is 14.7 Å². The molecule has 0 aliphatic heterocycles. The number of carbonyl (C=O) groups excluding carboxylic acids is 1. The molecule has 1 unspecified atom stereocenters. The van der Waals surface area contributed by atoms with Crippen LogP contribution in [0.3, 0.4) is 0 Å². The van der Waals surface area contributed by atoms with E-state index in [1.807, 2.05) is 13.8 Å². The summed E-state index contributed by atoms with van der Waals surface area (Å²) in [7, 11) is -4.06. The molecule has 132 valence electrons. The quantitative estimate of drug-likeness (QED) is 0.279. The third-order valence-electron chi connectivity index (χ3n) is 3.96. The van der Waals surface area contributed by atoms with Crippen molar-refractivity contribution in [1.82, 2.24) is 0 Å². The van der Waals surface area contributed by atoms with Gasteiger partial charge in [0.2, 0.25) is 0 Å². The van der Waals surface area contributed by atoms with E-state index in [1.165, 1.54) is 0 Å². The molecule has 0 saturated heterocycles. The fourth-order valence-corrected chi connectivity index (χ4v) is 3.14. The second-order valence-corrected chi connectivity index (χ2v) is 7.04. The van der Waals surface area contributed by atoms with Crippen LogP contribution in [0.2, 0.25) is 0 Å².